The predicted molar refractivity (Wildman–Crippen MR) is 113 cm³/mol. The molecule has 0 radical (unpaired) electrons. The summed E-state index contributed by atoms with van der Waals surface area (Å²) in [5, 5.41) is 11.4. The van der Waals surface area contributed by atoms with Gasteiger partial charge in [-0.25, -0.2) is 0 Å². The lowest BCUT2D eigenvalue weighted by atomic mass is 9.94. The molecule has 0 saturated carbocycles. The minimum atomic E-state index is -0.240. The normalized spacial score (nSPS) is 14.0. The van der Waals surface area contributed by atoms with Crippen molar-refractivity contribution in [1.82, 2.24) is 9.80 Å². The molecule has 0 fully saturated rings. The standard InChI is InChI=1S/C23H26N2O4/c1-5-24(6-2)10-7-11-25-22(27)19-13(3)18-16-9-8-15(26)12-17(16)29-21(18)14(4)20(19)23(25)28/h8-9,12,26H,5-7,10-11H2,1-4H3. The molecular weight excluding hydrogens is 368 g/mol. The molecule has 1 aliphatic heterocycles. The molecule has 0 aliphatic carbocycles. The lowest BCUT2D eigenvalue weighted by Crippen LogP contribution is -2.33. The molecule has 152 valence electrons. The molecule has 0 unspecified atom stereocenters. The zero-order chi connectivity index (χ0) is 20.9. The van der Waals surface area contributed by atoms with Gasteiger partial charge >= 0.3 is 0 Å². The number of rotatable bonds is 6. The molecule has 6 nitrogen and oxygen atoms in total. The summed E-state index contributed by atoms with van der Waals surface area (Å²) in [6, 6.07) is 4.95. The number of aryl methyl sites for hydroxylation is 2. The first-order chi connectivity index (χ1) is 13.9. The average Bonchev–Trinajstić information content (AvgIpc) is 3.19. The Kier molecular flexibility index (Phi) is 4.82. The first-order valence-corrected chi connectivity index (χ1v) is 10.2. The van der Waals surface area contributed by atoms with Crippen LogP contribution >= 0.6 is 0 Å². The summed E-state index contributed by atoms with van der Waals surface area (Å²) in [6.45, 7) is 11.1. The number of imide groups is 1. The molecule has 3 aromatic rings. The Balaban J connectivity index is 1.76. The van der Waals surface area contributed by atoms with Crippen LogP contribution in [-0.4, -0.2) is 52.9 Å². The Labute approximate surface area is 169 Å². The van der Waals surface area contributed by atoms with Crippen LogP contribution in [-0.2, 0) is 0 Å². The number of hydrogen-bond donors (Lipinski definition) is 1. The smallest absolute Gasteiger partial charge is 0.261 e. The van der Waals surface area contributed by atoms with Gasteiger partial charge in [0.05, 0.1) is 11.1 Å². The first kappa shape index (κ1) is 19.5. The van der Waals surface area contributed by atoms with Gasteiger partial charge in [0.2, 0.25) is 0 Å². The monoisotopic (exact) mass is 394 g/mol. The number of fused-ring (bicyclic) bond motifs is 4. The molecular formula is C23H26N2O4. The SMILES string of the molecule is CCN(CC)CCCN1C(=O)c2c(c(C)c3c(oc4cc(O)ccc43)c2C)C1=O. The molecule has 1 aromatic heterocycles. The Hall–Kier alpha value is -2.86. The summed E-state index contributed by atoms with van der Waals surface area (Å²) in [6.07, 6.45) is 0.754. The number of benzene rings is 2. The van der Waals surface area contributed by atoms with E-state index in [1.54, 1.807) is 18.2 Å². The van der Waals surface area contributed by atoms with Crippen molar-refractivity contribution in [1.29, 1.82) is 0 Å². The molecule has 29 heavy (non-hydrogen) atoms. The van der Waals surface area contributed by atoms with Crippen LogP contribution < -0.4 is 0 Å². The number of carbonyl (C=O) groups is 2. The highest BCUT2D eigenvalue weighted by molar-refractivity contribution is 6.26. The van der Waals surface area contributed by atoms with Gasteiger partial charge in [-0.15, -0.1) is 0 Å². The number of hydrogen-bond acceptors (Lipinski definition) is 5. The van der Waals surface area contributed by atoms with E-state index < -0.39 is 0 Å². The van der Waals surface area contributed by atoms with Gasteiger partial charge < -0.3 is 14.4 Å². The minimum absolute atomic E-state index is 0.117. The third-order valence-electron chi connectivity index (χ3n) is 6.06. The van der Waals surface area contributed by atoms with E-state index in [0.717, 1.165) is 42.4 Å². The molecule has 4 rings (SSSR count). The molecule has 1 aliphatic rings. The fourth-order valence-corrected chi connectivity index (χ4v) is 4.43. The quantitative estimate of drug-likeness (QED) is 0.633. The highest BCUT2D eigenvalue weighted by Crippen LogP contribution is 2.41. The Morgan fingerprint density at radius 1 is 1.03 bits per heavy atom. The minimum Gasteiger partial charge on any atom is -0.508 e. The van der Waals surface area contributed by atoms with Gasteiger partial charge in [-0.3, -0.25) is 14.5 Å². The third kappa shape index (κ3) is 2.90. The fourth-order valence-electron chi connectivity index (χ4n) is 4.43. The van der Waals surface area contributed by atoms with E-state index in [9.17, 15) is 14.7 Å². The van der Waals surface area contributed by atoms with Crippen molar-refractivity contribution in [3.8, 4) is 5.75 Å². The van der Waals surface area contributed by atoms with Crippen LogP contribution in [0.25, 0.3) is 21.9 Å². The van der Waals surface area contributed by atoms with Gasteiger partial charge in [0.15, 0.2) is 0 Å². The molecule has 2 heterocycles. The summed E-state index contributed by atoms with van der Waals surface area (Å²) in [5.41, 5.74) is 3.53. The summed E-state index contributed by atoms with van der Waals surface area (Å²) >= 11 is 0. The van der Waals surface area contributed by atoms with Crippen molar-refractivity contribution in [2.45, 2.75) is 34.1 Å². The van der Waals surface area contributed by atoms with E-state index in [0.29, 0.717) is 34.4 Å². The zero-order valence-corrected chi connectivity index (χ0v) is 17.3. The highest BCUT2D eigenvalue weighted by Gasteiger charge is 2.39. The molecule has 0 bridgehead atoms. The lowest BCUT2D eigenvalue weighted by molar-refractivity contribution is 0.0647. The van der Waals surface area contributed by atoms with Crippen LogP contribution in [0, 0.1) is 13.8 Å². The summed E-state index contributed by atoms with van der Waals surface area (Å²) in [5.74, 6) is -0.346. The second-order valence-electron chi connectivity index (χ2n) is 7.63. The van der Waals surface area contributed by atoms with Gasteiger partial charge in [-0.2, -0.15) is 0 Å². The number of amides is 2. The average molecular weight is 394 g/mol. The van der Waals surface area contributed by atoms with E-state index in [1.807, 2.05) is 13.8 Å². The second kappa shape index (κ2) is 7.19. The van der Waals surface area contributed by atoms with Crippen LogP contribution in [0.5, 0.6) is 5.75 Å². The lowest BCUT2D eigenvalue weighted by Gasteiger charge is -2.20. The molecule has 2 aromatic carbocycles. The van der Waals surface area contributed by atoms with Gasteiger partial charge in [0, 0.05) is 28.9 Å². The Morgan fingerprint density at radius 2 is 1.69 bits per heavy atom. The molecule has 0 atom stereocenters. The summed E-state index contributed by atoms with van der Waals surface area (Å²) in [7, 11) is 0. The van der Waals surface area contributed by atoms with Crippen LogP contribution in [0.3, 0.4) is 0 Å². The predicted octanol–water partition coefficient (Wildman–Crippen LogP) is 4.24. The summed E-state index contributed by atoms with van der Waals surface area (Å²) < 4.78 is 5.98. The highest BCUT2D eigenvalue weighted by atomic mass is 16.3. The maximum atomic E-state index is 13.2. The zero-order valence-electron chi connectivity index (χ0n) is 17.3. The van der Waals surface area contributed by atoms with E-state index >= 15 is 0 Å². The van der Waals surface area contributed by atoms with Crippen molar-refractivity contribution in [2.75, 3.05) is 26.2 Å². The van der Waals surface area contributed by atoms with Crippen LogP contribution in [0.2, 0.25) is 0 Å². The molecule has 6 heteroatoms. The van der Waals surface area contributed by atoms with Gasteiger partial charge in [0.1, 0.15) is 16.9 Å². The largest absolute Gasteiger partial charge is 0.508 e. The molecule has 0 spiro atoms. The Morgan fingerprint density at radius 3 is 2.34 bits per heavy atom. The molecule has 2 amide bonds. The van der Waals surface area contributed by atoms with Crippen LogP contribution in [0.1, 0.15) is 52.1 Å². The Bertz CT molecular complexity index is 1140. The van der Waals surface area contributed by atoms with Gasteiger partial charge in [-0.05, 0) is 57.6 Å². The van der Waals surface area contributed by atoms with Crippen LogP contribution in [0.15, 0.2) is 22.6 Å². The maximum Gasteiger partial charge on any atom is 0.261 e. The van der Waals surface area contributed by atoms with Crippen molar-refractivity contribution >= 4 is 33.8 Å². The molecule has 0 saturated heterocycles. The number of furan rings is 1. The van der Waals surface area contributed by atoms with Crippen molar-refractivity contribution in [3.63, 3.8) is 0 Å². The van der Waals surface area contributed by atoms with E-state index in [1.165, 1.54) is 4.90 Å². The number of phenolic OH excluding ortho intramolecular Hbond substituents is 1. The van der Waals surface area contributed by atoms with E-state index in [4.69, 9.17) is 4.42 Å². The van der Waals surface area contributed by atoms with Crippen molar-refractivity contribution in [2.24, 2.45) is 0 Å². The summed E-state index contributed by atoms with van der Waals surface area (Å²) in [4.78, 5) is 29.9. The number of nitrogens with zero attached hydrogens (tertiary/aromatic N) is 2. The number of carbonyl (C=O) groups excluding carboxylic acids is 2. The topological polar surface area (TPSA) is 74.0 Å². The second-order valence-corrected chi connectivity index (χ2v) is 7.63. The van der Waals surface area contributed by atoms with Crippen molar-refractivity contribution in [3.05, 3.63) is 40.5 Å². The van der Waals surface area contributed by atoms with E-state index in [-0.39, 0.29) is 17.6 Å². The maximum absolute atomic E-state index is 13.2. The first-order valence-electron chi connectivity index (χ1n) is 10.2. The van der Waals surface area contributed by atoms with Crippen molar-refractivity contribution < 1.29 is 19.1 Å². The number of phenols is 1. The van der Waals surface area contributed by atoms with E-state index in [2.05, 4.69) is 18.7 Å². The number of aromatic hydroxyl groups is 1. The van der Waals surface area contributed by atoms with Crippen LogP contribution in [0.4, 0.5) is 0 Å². The fraction of sp³-hybridized carbons (Fsp3) is 0.391. The van der Waals surface area contributed by atoms with Gasteiger partial charge in [0.25, 0.3) is 11.8 Å². The van der Waals surface area contributed by atoms with Gasteiger partial charge in [-0.1, -0.05) is 13.8 Å². The third-order valence-corrected chi connectivity index (χ3v) is 6.06. The molecule has 1 N–H and O–H groups in total.